The Bertz CT molecular complexity index is 171. The first-order valence-corrected chi connectivity index (χ1v) is 20.2. The van der Waals surface area contributed by atoms with Crippen molar-refractivity contribution in [2.24, 2.45) is 0 Å². The quantitative estimate of drug-likeness (QED) is 0.533. The van der Waals surface area contributed by atoms with Crippen molar-refractivity contribution >= 4 is 34.5 Å². The van der Waals surface area contributed by atoms with E-state index in [0.717, 1.165) is 0 Å². The largest absolute Gasteiger partial charge is 1.00 e. The van der Waals surface area contributed by atoms with Gasteiger partial charge >= 0.3 is 4.28 Å². The van der Waals surface area contributed by atoms with E-state index in [0.29, 0.717) is 0 Å². The fraction of sp³-hybridized carbons (Fsp3) is 1.00. The molecule has 17 heavy (non-hydrogen) atoms. The van der Waals surface area contributed by atoms with Gasteiger partial charge in [-0.3, -0.25) is 0 Å². The summed E-state index contributed by atoms with van der Waals surface area (Å²) in [6, 6.07) is 9.88. The van der Waals surface area contributed by atoms with Gasteiger partial charge in [-0.05, 0) is 0 Å². The molecule has 0 rings (SSSR count). The fourth-order valence-corrected chi connectivity index (χ4v) is 18.3. The molecule has 0 bridgehead atoms. The van der Waals surface area contributed by atoms with E-state index in [1.807, 2.05) is 0 Å². The molecule has 0 aliphatic heterocycles. The zero-order chi connectivity index (χ0) is 13.5. The third-order valence-corrected chi connectivity index (χ3v) is 14.5. The number of hydrogen-bond acceptors (Lipinski definition) is 0. The molecule has 0 amide bonds. The lowest BCUT2D eigenvalue weighted by atomic mass is 10.9. The Labute approximate surface area is 121 Å². The third kappa shape index (κ3) is 10.5. The first-order chi connectivity index (χ1) is 7.75. The van der Waals surface area contributed by atoms with Crippen LogP contribution in [0.15, 0.2) is 0 Å². The molecule has 0 spiro atoms. The molecular formula is C13H39Si4+3. The smallest absolute Gasteiger partial charge is 0.0722 e. The van der Waals surface area contributed by atoms with Gasteiger partial charge in [-0.25, -0.2) is 0 Å². The van der Waals surface area contributed by atoms with Crippen LogP contribution in [-0.4, -0.2) is 34.5 Å². The molecule has 0 unspecified atom stereocenters. The summed E-state index contributed by atoms with van der Waals surface area (Å²) in [4.78, 5) is 0. The average molecular weight is 308 g/mol. The van der Waals surface area contributed by atoms with Crippen molar-refractivity contribution in [3.63, 3.8) is 0 Å². The van der Waals surface area contributed by atoms with E-state index in [9.17, 15) is 0 Å². The zero-order valence-electron chi connectivity index (χ0n) is 16.5. The third-order valence-electron chi connectivity index (χ3n) is 3.98. The Kier molecular flexibility index (Phi) is 9.33. The van der Waals surface area contributed by atoms with Gasteiger partial charge in [-0.1, -0.05) is 82.1 Å². The second-order valence-electron chi connectivity index (χ2n) is 7.61. The van der Waals surface area contributed by atoms with Crippen molar-refractivity contribution in [1.82, 2.24) is 0 Å². The van der Waals surface area contributed by atoms with Gasteiger partial charge < -0.3 is 0 Å². The molecule has 0 radical (unpaired) electrons. The van der Waals surface area contributed by atoms with Crippen molar-refractivity contribution < 1.29 is 4.28 Å². The van der Waals surface area contributed by atoms with Crippen LogP contribution in [0.3, 0.4) is 0 Å². The van der Waals surface area contributed by atoms with E-state index in [4.69, 9.17) is 0 Å². The number of rotatable bonds is 9. The minimum atomic E-state index is -0.834. The van der Waals surface area contributed by atoms with E-state index in [1.165, 1.54) is 0 Å². The predicted octanol–water partition coefficient (Wildman–Crippen LogP) is 4.86. The van der Waals surface area contributed by atoms with E-state index in [1.54, 1.807) is 36.3 Å². The topological polar surface area (TPSA) is 0 Å². The molecule has 0 saturated heterocycles. The highest BCUT2D eigenvalue weighted by Gasteiger charge is 2.27. The molecule has 4 heteroatoms. The summed E-state index contributed by atoms with van der Waals surface area (Å²) in [5.74, 6) is 0. The lowest BCUT2D eigenvalue weighted by Crippen LogP contribution is -2.32. The Hall–Kier alpha value is 0.868. The van der Waals surface area contributed by atoms with Gasteiger partial charge in [0.2, 0.25) is 0 Å². The molecule has 0 nitrogen and oxygen atoms in total. The Morgan fingerprint density at radius 1 is 0.647 bits per heavy atom. The van der Waals surface area contributed by atoms with Crippen LogP contribution in [0.5, 0.6) is 0 Å². The SMILES string of the molecule is C[SiH](C)CC[Si](C)(CC[SiH](C)C)CC[SiH](C)C.[H+].[H+].[H+]. The lowest BCUT2D eigenvalue weighted by molar-refractivity contribution is 1.14. The maximum atomic E-state index is 2.73. The highest BCUT2D eigenvalue weighted by Crippen LogP contribution is 2.29. The number of hydrogen-bond donors (Lipinski definition) is 0. The molecule has 0 aromatic carbocycles. The van der Waals surface area contributed by atoms with Crippen LogP contribution in [0.2, 0.25) is 82.1 Å². The van der Waals surface area contributed by atoms with Gasteiger partial charge in [0.1, 0.15) is 0 Å². The Balaban J connectivity index is -0.000000427. The maximum absolute atomic E-state index is 2.73. The zero-order valence-corrected chi connectivity index (χ0v) is 17.9. The predicted molar refractivity (Wildman–Crippen MR) is 100 cm³/mol. The molecule has 0 fully saturated rings. The van der Waals surface area contributed by atoms with Crippen LogP contribution in [-0.2, 0) is 0 Å². The van der Waals surface area contributed by atoms with Gasteiger partial charge in [-0.15, -0.1) is 0 Å². The van der Waals surface area contributed by atoms with Crippen molar-refractivity contribution in [2.75, 3.05) is 0 Å². The fourth-order valence-electron chi connectivity index (χ4n) is 2.29. The molecule has 0 atom stereocenters. The second-order valence-corrected chi connectivity index (χ2v) is 22.8. The minimum Gasteiger partial charge on any atom is -0.0722 e. The van der Waals surface area contributed by atoms with Crippen molar-refractivity contribution in [3.05, 3.63) is 0 Å². The minimum absolute atomic E-state index is 0. The van der Waals surface area contributed by atoms with Crippen LogP contribution < -0.4 is 0 Å². The highest BCUT2D eigenvalue weighted by atomic mass is 28.3. The van der Waals surface area contributed by atoms with E-state index in [2.05, 4.69) is 45.8 Å². The van der Waals surface area contributed by atoms with Crippen LogP contribution in [0.4, 0.5) is 0 Å². The summed E-state index contributed by atoms with van der Waals surface area (Å²) in [5, 5.41) is 0. The molecule has 0 aliphatic rings. The standard InChI is InChI=1S/C13H36Si4/c1-14(2)8-11-17(7,12-9-15(3)4)13-10-16(5)6/h14-16H,8-13H2,1-7H3/p+3. The van der Waals surface area contributed by atoms with Crippen molar-refractivity contribution in [1.29, 1.82) is 0 Å². The van der Waals surface area contributed by atoms with Crippen LogP contribution in [0, 0.1) is 0 Å². The second kappa shape index (κ2) is 8.88. The molecule has 0 aromatic rings. The summed E-state index contributed by atoms with van der Waals surface area (Å²) >= 11 is 0. The summed E-state index contributed by atoms with van der Waals surface area (Å²) in [6.07, 6.45) is 0. The average Bonchev–Trinajstić information content (AvgIpc) is 2.21. The molecule has 0 aliphatic carbocycles. The van der Waals surface area contributed by atoms with E-state index in [-0.39, 0.29) is 30.7 Å². The normalized spacial score (nSPS) is 13.1. The monoisotopic (exact) mass is 307 g/mol. The molecule has 0 heterocycles. The van der Waals surface area contributed by atoms with E-state index < -0.39 is 8.07 Å². The summed E-state index contributed by atoms with van der Waals surface area (Å²) in [6.45, 7) is 17.9. The van der Waals surface area contributed by atoms with E-state index >= 15 is 0 Å². The van der Waals surface area contributed by atoms with Gasteiger partial charge in [-0.2, -0.15) is 0 Å². The highest BCUT2D eigenvalue weighted by molar-refractivity contribution is 6.81. The molecule has 0 aromatic heterocycles. The van der Waals surface area contributed by atoms with Gasteiger partial charge in [0.25, 0.3) is 0 Å². The van der Waals surface area contributed by atoms with Crippen LogP contribution in [0.1, 0.15) is 4.28 Å². The van der Waals surface area contributed by atoms with Crippen LogP contribution in [0.25, 0.3) is 0 Å². The maximum Gasteiger partial charge on any atom is 1.00 e. The molecular weight excluding hydrogens is 268 g/mol. The molecule has 0 N–H and O–H groups in total. The van der Waals surface area contributed by atoms with Crippen molar-refractivity contribution in [2.45, 2.75) is 82.1 Å². The van der Waals surface area contributed by atoms with Crippen LogP contribution >= 0.6 is 0 Å². The van der Waals surface area contributed by atoms with Gasteiger partial charge in [0.15, 0.2) is 0 Å². The summed E-state index contributed by atoms with van der Waals surface area (Å²) in [7, 11) is -1.77. The van der Waals surface area contributed by atoms with Gasteiger partial charge in [0.05, 0.1) is 0 Å². The Morgan fingerprint density at radius 2 is 0.882 bits per heavy atom. The van der Waals surface area contributed by atoms with Gasteiger partial charge in [0, 0.05) is 34.5 Å². The first-order valence-electron chi connectivity index (χ1n) is 7.75. The van der Waals surface area contributed by atoms with Crippen molar-refractivity contribution in [3.8, 4) is 0 Å². The first kappa shape index (κ1) is 17.9. The molecule has 0 saturated carbocycles. The summed E-state index contributed by atoms with van der Waals surface area (Å²) < 4.78 is 0. The Morgan fingerprint density at radius 3 is 1.06 bits per heavy atom. The lowest BCUT2D eigenvalue weighted by Gasteiger charge is -2.29. The summed E-state index contributed by atoms with van der Waals surface area (Å²) in [5.41, 5.74) is 0. The molecule has 104 valence electrons.